The first kappa shape index (κ1) is 12.9. The summed E-state index contributed by atoms with van der Waals surface area (Å²) in [6.07, 6.45) is 4.46. The van der Waals surface area contributed by atoms with Gasteiger partial charge < -0.3 is 10.1 Å². The summed E-state index contributed by atoms with van der Waals surface area (Å²) in [6, 6.07) is 6.62. The van der Waals surface area contributed by atoms with Crippen LogP contribution in [0.4, 0.5) is 0 Å². The summed E-state index contributed by atoms with van der Waals surface area (Å²) >= 11 is 2.42. The molecule has 0 bridgehead atoms. The second-order valence-electron chi connectivity index (χ2n) is 4.30. The lowest BCUT2D eigenvalue weighted by molar-refractivity contribution is 0.169. The molecule has 0 radical (unpaired) electrons. The lowest BCUT2D eigenvalue weighted by atomic mass is 10.0. The Morgan fingerprint density at radius 3 is 2.88 bits per heavy atom. The fourth-order valence-corrected chi connectivity index (χ4v) is 2.79. The molecule has 0 fully saturated rings. The summed E-state index contributed by atoms with van der Waals surface area (Å²) in [5.74, 6) is 1.07. The Morgan fingerprint density at radius 1 is 1.41 bits per heavy atom. The van der Waals surface area contributed by atoms with Gasteiger partial charge >= 0.3 is 0 Å². The monoisotopic (exact) mass is 343 g/mol. The fourth-order valence-electron chi connectivity index (χ4n) is 2.12. The number of hydrogen-bond donors (Lipinski definition) is 1. The summed E-state index contributed by atoms with van der Waals surface area (Å²) in [7, 11) is 1.99. The number of likely N-dealkylation sites (N-methyl/N-ethyl adjacent to an activating group) is 1. The second-order valence-corrected chi connectivity index (χ2v) is 5.38. The van der Waals surface area contributed by atoms with Crippen LogP contribution in [0.2, 0.25) is 0 Å². The fraction of sp³-hybridized carbons (Fsp3) is 0.429. The van der Waals surface area contributed by atoms with E-state index in [0.29, 0.717) is 0 Å². The average molecular weight is 343 g/mol. The van der Waals surface area contributed by atoms with Crippen LogP contribution in [0.5, 0.6) is 0 Å². The number of allylic oxidation sites excluding steroid dienone is 1. The van der Waals surface area contributed by atoms with E-state index in [1.165, 1.54) is 14.7 Å². The standard InChI is InChI=1S/C14H18INO/c1-10-6-5-7-11(13(10)15)14(16-2)12-8-3-4-9-17-12/h5-8,14,16H,3-4,9H2,1-2H3. The molecule has 1 heterocycles. The van der Waals surface area contributed by atoms with Crippen molar-refractivity contribution < 1.29 is 4.74 Å². The van der Waals surface area contributed by atoms with Crippen LogP contribution in [-0.2, 0) is 4.74 Å². The molecule has 1 unspecified atom stereocenters. The van der Waals surface area contributed by atoms with Crippen LogP contribution in [0.15, 0.2) is 30.0 Å². The molecule has 0 saturated heterocycles. The van der Waals surface area contributed by atoms with Crippen molar-refractivity contribution in [2.45, 2.75) is 25.8 Å². The Morgan fingerprint density at radius 2 is 2.24 bits per heavy atom. The molecule has 1 atom stereocenters. The topological polar surface area (TPSA) is 21.3 Å². The van der Waals surface area contributed by atoms with Gasteiger partial charge in [0.2, 0.25) is 0 Å². The van der Waals surface area contributed by atoms with Crippen LogP contribution < -0.4 is 5.32 Å². The zero-order valence-electron chi connectivity index (χ0n) is 10.3. The van der Waals surface area contributed by atoms with Crippen LogP contribution in [0.1, 0.15) is 30.0 Å². The van der Waals surface area contributed by atoms with E-state index in [1.54, 1.807) is 0 Å². The van der Waals surface area contributed by atoms with Gasteiger partial charge in [-0.25, -0.2) is 0 Å². The molecule has 1 aliphatic heterocycles. The van der Waals surface area contributed by atoms with E-state index >= 15 is 0 Å². The minimum absolute atomic E-state index is 0.183. The van der Waals surface area contributed by atoms with E-state index in [1.807, 2.05) is 7.05 Å². The van der Waals surface area contributed by atoms with Crippen LogP contribution in [0, 0.1) is 10.5 Å². The number of rotatable bonds is 3. The van der Waals surface area contributed by atoms with Crippen LogP contribution in [0.25, 0.3) is 0 Å². The zero-order valence-corrected chi connectivity index (χ0v) is 12.5. The second kappa shape index (κ2) is 5.87. The number of halogens is 1. The van der Waals surface area contributed by atoms with Crippen molar-refractivity contribution in [3.05, 3.63) is 44.7 Å². The van der Waals surface area contributed by atoms with Gasteiger partial charge in [-0.15, -0.1) is 0 Å². The summed E-state index contributed by atoms with van der Waals surface area (Å²) in [5, 5.41) is 3.36. The maximum atomic E-state index is 5.78. The van der Waals surface area contributed by atoms with Crippen molar-refractivity contribution in [2.75, 3.05) is 13.7 Å². The Hall–Kier alpha value is -0.550. The third kappa shape index (κ3) is 2.83. The van der Waals surface area contributed by atoms with Gasteiger partial charge in [-0.3, -0.25) is 0 Å². The Balaban J connectivity index is 2.34. The highest BCUT2D eigenvalue weighted by atomic mass is 127. The average Bonchev–Trinajstić information content (AvgIpc) is 2.37. The Labute approximate surface area is 117 Å². The van der Waals surface area contributed by atoms with Gasteiger partial charge in [-0.1, -0.05) is 18.2 Å². The molecular weight excluding hydrogens is 325 g/mol. The molecule has 2 rings (SSSR count). The number of aryl methyl sites for hydroxylation is 1. The predicted octanol–water partition coefficient (Wildman–Crippen LogP) is 3.55. The number of nitrogens with one attached hydrogen (secondary N) is 1. The van der Waals surface area contributed by atoms with E-state index in [2.05, 4.69) is 59.1 Å². The van der Waals surface area contributed by atoms with Crippen molar-refractivity contribution in [3.8, 4) is 0 Å². The van der Waals surface area contributed by atoms with Gasteiger partial charge in [0.1, 0.15) is 5.76 Å². The molecule has 1 aromatic carbocycles. The van der Waals surface area contributed by atoms with Crippen LogP contribution in [0.3, 0.4) is 0 Å². The molecule has 0 aromatic heterocycles. The smallest absolute Gasteiger partial charge is 0.113 e. The van der Waals surface area contributed by atoms with Gasteiger partial charge in [0, 0.05) is 3.57 Å². The van der Waals surface area contributed by atoms with Crippen LogP contribution >= 0.6 is 22.6 Å². The van der Waals surface area contributed by atoms with E-state index in [4.69, 9.17) is 4.74 Å². The SMILES string of the molecule is CNC(C1=CCCCO1)c1cccc(C)c1I. The van der Waals surface area contributed by atoms with Gasteiger partial charge in [-0.05, 0) is 66.6 Å². The van der Waals surface area contributed by atoms with Crippen LogP contribution in [-0.4, -0.2) is 13.7 Å². The number of hydrogen-bond acceptors (Lipinski definition) is 2. The van der Waals surface area contributed by atoms with Crippen molar-refractivity contribution in [1.82, 2.24) is 5.32 Å². The maximum Gasteiger partial charge on any atom is 0.113 e. The summed E-state index contributed by atoms with van der Waals surface area (Å²) < 4.78 is 7.09. The van der Waals surface area contributed by atoms with E-state index in [0.717, 1.165) is 25.2 Å². The molecule has 3 heteroatoms. The minimum atomic E-state index is 0.183. The third-order valence-electron chi connectivity index (χ3n) is 3.07. The van der Waals surface area contributed by atoms with Gasteiger partial charge in [0.15, 0.2) is 0 Å². The molecule has 1 aromatic rings. The van der Waals surface area contributed by atoms with Crippen molar-refractivity contribution in [2.24, 2.45) is 0 Å². The summed E-state index contributed by atoms with van der Waals surface area (Å²) in [4.78, 5) is 0. The van der Waals surface area contributed by atoms with E-state index < -0.39 is 0 Å². The summed E-state index contributed by atoms with van der Waals surface area (Å²) in [5.41, 5.74) is 2.63. The number of ether oxygens (including phenoxy) is 1. The normalized spacial score (nSPS) is 17.2. The third-order valence-corrected chi connectivity index (χ3v) is 4.54. The highest BCUT2D eigenvalue weighted by Crippen LogP contribution is 2.30. The minimum Gasteiger partial charge on any atom is -0.496 e. The van der Waals surface area contributed by atoms with Gasteiger partial charge in [0.25, 0.3) is 0 Å². The number of benzene rings is 1. The molecule has 17 heavy (non-hydrogen) atoms. The maximum absolute atomic E-state index is 5.78. The molecule has 2 nitrogen and oxygen atoms in total. The Bertz CT molecular complexity index is 428. The van der Waals surface area contributed by atoms with E-state index in [9.17, 15) is 0 Å². The first-order valence-electron chi connectivity index (χ1n) is 5.99. The predicted molar refractivity (Wildman–Crippen MR) is 79.0 cm³/mol. The highest BCUT2D eigenvalue weighted by Gasteiger charge is 2.20. The van der Waals surface area contributed by atoms with E-state index in [-0.39, 0.29) is 6.04 Å². The quantitative estimate of drug-likeness (QED) is 0.848. The van der Waals surface area contributed by atoms with Crippen molar-refractivity contribution in [1.29, 1.82) is 0 Å². The first-order chi connectivity index (χ1) is 8.24. The summed E-state index contributed by atoms with van der Waals surface area (Å²) in [6.45, 7) is 2.99. The van der Waals surface area contributed by atoms with Gasteiger partial charge in [0.05, 0.1) is 12.6 Å². The van der Waals surface area contributed by atoms with Crippen molar-refractivity contribution >= 4 is 22.6 Å². The molecule has 1 N–H and O–H groups in total. The molecule has 0 aliphatic carbocycles. The molecule has 0 amide bonds. The zero-order chi connectivity index (χ0) is 12.3. The Kier molecular flexibility index (Phi) is 4.45. The lowest BCUT2D eigenvalue weighted by Crippen LogP contribution is -2.23. The molecular formula is C14H18INO. The molecule has 0 spiro atoms. The van der Waals surface area contributed by atoms with Crippen molar-refractivity contribution in [3.63, 3.8) is 0 Å². The molecule has 1 aliphatic rings. The highest BCUT2D eigenvalue weighted by molar-refractivity contribution is 14.1. The van der Waals surface area contributed by atoms with Gasteiger partial charge in [-0.2, -0.15) is 0 Å². The lowest BCUT2D eigenvalue weighted by Gasteiger charge is -2.25. The molecule has 92 valence electrons. The largest absolute Gasteiger partial charge is 0.496 e. The first-order valence-corrected chi connectivity index (χ1v) is 7.07. The molecule has 0 saturated carbocycles.